The summed E-state index contributed by atoms with van der Waals surface area (Å²) in [4.78, 5) is 10.9. The average Bonchev–Trinajstić information content (AvgIpc) is 2.27. The van der Waals surface area contributed by atoms with E-state index in [1.54, 1.807) is 26.0 Å². The van der Waals surface area contributed by atoms with Gasteiger partial charge in [0.2, 0.25) is 5.91 Å². The molecule has 0 aromatic heterocycles. The summed E-state index contributed by atoms with van der Waals surface area (Å²) in [7, 11) is 1.47. The third kappa shape index (κ3) is 3.17. The molecule has 1 amide bonds. The summed E-state index contributed by atoms with van der Waals surface area (Å²) in [6.07, 6.45) is 0. The van der Waals surface area contributed by atoms with Crippen molar-refractivity contribution in [3.63, 3.8) is 0 Å². The van der Waals surface area contributed by atoms with E-state index in [2.05, 4.69) is 5.32 Å². The number of carbonyl (C=O) groups excluding carboxylic acids is 1. The van der Waals surface area contributed by atoms with Crippen LogP contribution in [0.5, 0.6) is 5.75 Å². The maximum atomic E-state index is 13.7. The maximum Gasteiger partial charge on any atom is 0.234 e. The molecule has 2 unspecified atom stereocenters. The van der Waals surface area contributed by atoms with Gasteiger partial charge in [-0.1, -0.05) is 6.07 Å². The van der Waals surface area contributed by atoms with Crippen molar-refractivity contribution < 1.29 is 13.9 Å². The number of methoxy groups -OCH3 is 1. The van der Waals surface area contributed by atoms with E-state index in [1.165, 1.54) is 13.2 Å². The number of hydrogen-bond acceptors (Lipinski definition) is 3. The number of hydrogen-bond donors (Lipinski definition) is 2. The lowest BCUT2D eigenvalue weighted by Gasteiger charge is -2.20. The third-order valence-electron chi connectivity index (χ3n) is 2.59. The first kappa shape index (κ1) is 13.4. The van der Waals surface area contributed by atoms with Gasteiger partial charge in [-0.15, -0.1) is 0 Å². The molecule has 1 aromatic carbocycles. The number of rotatable bonds is 5. The minimum atomic E-state index is -0.533. The van der Waals surface area contributed by atoms with E-state index in [0.717, 1.165) is 0 Å². The Labute approximate surface area is 100.0 Å². The Morgan fingerprint density at radius 3 is 2.65 bits per heavy atom. The van der Waals surface area contributed by atoms with Crippen LogP contribution in [0.25, 0.3) is 0 Å². The van der Waals surface area contributed by atoms with Gasteiger partial charge in [-0.05, 0) is 26.0 Å². The predicted octanol–water partition coefficient (Wildman–Crippen LogP) is 1.36. The first-order chi connectivity index (χ1) is 7.97. The second-order valence-electron chi connectivity index (χ2n) is 3.87. The van der Waals surface area contributed by atoms with E-state index in [-0.39, 0.29) is 11.9 Å². The van der Waals surface area contributed by atoms with Crippen LogP contribution in [0.15, 0.2) is 18.2 Å². The third-order valence-corrected chi connectivity index (χ3v) is 2.59. The van der Waals surface area contributed by atoms with E-state index in [4.69, 9.17) is 10.5 Å². The number of halogens is 1. The van der Waals surface area contributed by atoms with Crippen molar-refractivity contribution in [1.29, 1.82) is 0 Å². The molecule has 0 heterocycles. The Morgan fingerprint density at radius 2 is 2.12 bits per heavy atom. The van der Waals surface area contributed by atoms with Gasteiger partial charge in [-0.2, -0.15) is 0 Å². The van der Waals surface area contributed by atoms with Crippen molar-refractivity contribution in [1.82, 2.24) is 5.32 Å². The zero-order valence-electron chi connectivity index (χ0n) is 10.2. The van der Waals surface area contributed by atoms with Crippen molar-refractivity contribution in [3.8, 4) is 5.75 Å². The highest BCUT2D eigenvalue weighted by molar-refractivity contribution is 5.79. The lowest BCUT2D eigenvalue weighted by atomic mass is 10.1. The summed E-state index contributed by atoms with van der Waals surface area (Å²) < 4.78 is 18.8. The SMILES string of the molecule is COc1cccc(F)c1C(C)NC(C)C(N)=O. The van der Waals surface area contributed by atoms with E-state index in [9.17, 15) is 9.18 Å². The average molecular weight is 240 g/mol. The summed E-state index contributed by atoms with van der Waals surface area (Å²) in [5, 5.41) is 2.92. The first-order valence-electron chi connectivity index (χ1n) is 5.35. The van der Waals surface area contributed by atoms with Gasteiger partial charge in [0, 0.05) is 11.6 Å². The Hall–Kier alpha value is -1.62. The van der Waals surface area contributed by atoms with Crippen molar-refractivity contribution in [2.24, 2.45) is 5.73 Å². The van der Waals surface area contributed by atoms with Gasteiger partial charge in [-0.25, -0.2) is 4.39 Å². The van der Waals surface area contributed by atoms with Gasteiger partial charge in [0.15, 0.2) is 0 Å². The van der Waals surface area contributed by atoms with Crippen molar-refractivity contribution in [2.75, 3.05) is 7.11 Å². The number of primary amides is 1. The highest BCUT2D eigenvalue weighted by atomic mass is 19.1. The summed E-state index contributed by atoms with van der Waals surface area (Å²) in [5.74, 6) is -0.408. The fourth-order valence-electron chi connectivity index (χ4n) is 1.66. The zero-order valence-corrected chi connectivity index (χ0v) is 10.2. The minimum Gasteiger partial charge on any atom is -0.496 e. The summed E-state index contributed by atoms with van der Waals surface area (Å²) >= 11 is 0. The Balaban J connectivity index is 2.95. The summed E-state index contributed by atoms with van der Waals surface area (Å²) in [6.45, 7) is 3.38. The van der Waals surface area contributed by atoms with Crippen molar-refractivity contribution in [3.05, 3.63) is 29.6 Å². The number of benzene rings is 1. The molecule has 0 fully saturated rings. The minimum absolute atomic E-state index is 0.367. The second kappa shape index (κ2) is 5.63. The van der Waals surface area contributed by atoms with E-state index < -0.39 is 11.9 Å². The van der Waals surface area contributed by atoms with E-state index in [1.807, 2.05) is 0 Å². The fraction of sp³-hybridized carbons (Fsp3) is 0.417. The van der Waals surface area contributed by atoms with Gasteiger partial charge in [0.05, 0.1) is 13.2 Å². The van der Waals surface area contributed by atoms with E-state index in [0.29, 0.717) is 11.3 Å². The van der Waals surface area contributed by atoms with Crippen LogP contribution in [0.3, 0.4) is 0 Å². The molecule has 94 valence electrons. The quantitative estimate of drug-likeness (QED) is 0.816. The van der Waals surface area contributed by atoms with Gasteiger partial charge < -0.3 is 10.5 Å². The Bertz CT molecular complexity index is 409. The highest BCUT2D eigenvalue weighted by Gasteiger charge is 2.19. The molecule has 0 saturated heterocycles. The Kier molecular flexibility index (Phi) is 4.45. The largest absolute Gasteiger partial charge is 0.496 e. The molecule has 3 N–H and O–H groups in total. The van der Waals surface area contributed by atoms with Gasteiger partial charge in [-0.3, -0.25) is 10.1 Å². The van der Waals surface area contributed by atoms with Crippen LogP contribution >= 0.6 is 0 Å². The van der Waals surface area contributed by atoms with Crippen LogP contribution in [-0.4, -0.2) is 19.1 Å². The predicted molar refractivity (Wildman–Crippen MR) is 63.2 cm³/mol. The number of ether oxygens (including phenoxy) is 1. The van der Waals surface area contributed by atoms with Crippen molar-refractivity contribution in [2.45, 2.75) is 25.9 Å². The molecule has 0 bridgehead atoms. The van der Waals surface area contributed by atoms with Crippen LogP contribution in [0.4, 0.5) is 4.39 Å². The van der Waals surface area contributed by atoms with Crippen LogP contribution < -0.4 is 15.8 Å². The maximum absolute atomic E-state index is 13.7. The lowest BCUT2D eigenvalue weighted by Crippen LogP contribution is -2.40. The Morgan fingerprint density at radius 1 is 1.47 bits per heavy atom. The monoisotopic (exact) mass is 240 g/mol. The number of amides is 1. The molecule has 5 heteroatoms. The van der Waals surface area contributed by atoms with Crippen LogP contribution in [0, 0.1) is 5.82 Å². The molecule has 17 heavy (non-hydrogen) atoms. The van der Waals surface area contributed by atoms with Gasteiger partial charge in [0.25, 0.3) is 0 Å². The van der Waals surface area contributed by atoms with Crippen LogP contribution in [-0.2, 0) is 4.79 Å². The molecule has 1 rings (SSSR count). The smallest absolute Gasteiger partial charge is 0.234 e. The molecule has 2 atom stereocenters. The molecule has 0 aliphatic rings. The topological polar surface area (TPSA) is 64.3 Å². The fourth-order valence-corrected chi connectivity index (χ4v) is 1.66. The van der Waals surface area contributed by atoms with Gasteiger partial charge in [0.1, 0.15) is 11.6 Å². The number of carbonyl (C=O) groups is 1. The lowest BCUT2D eigenvalue weighted by molar-refractivity contribution is -0.119. The zero-order chi connectivity index (χ0) is 13.0. The standard InChI is InChI=1S/C12H17FN2O2/c1-7(15-8(2)12(14)16)11-9(13)5-4-6-10(11)17-3/h4-8,15H,1-3H3,(H2,14,16). The second-order valence-corrected chi connectivity index (χ2v) is 3.87. The normalized spacial score (nSPS) is 14.1. The van der Waals surface area contributed by atoms with E-state index >= 15 is 0 Å². The van der Waals surface area contributed by atoms with Crippen LogP contribution in [0.1, 0.15) is 25.5 Å². The molecule has 1 aromatic rings. The molecule has 0 aliphatic carbocycles. The molecule has 0 spiro atoms. The first-order valence-corrected chi connectivity index (χ1v) is 5.35. The van der Waals surface area contributed by atoms with Gasteiger partial charge >= 0.3 is 0 Å². The molecule has 0 radical (unpaired) electrons. The molecular formula is C12H17FN2O2. The summed E-state index contributed by atoms with van der Waals surface area (Å²) in [6, 6.07) is 3.70. The molecular weight excluding hydrogens is 223 g/mol. The highest BCUT2D eigenvalue weighted by Crippen LogP contribution is 2.27. The number of nitrogens with one attached hydrogen (secondary N) is 1. The number of nitrogens with two attached hydrogens (primary N) is 1. The van der Waals surface area contributed by atoms with Crippen LogP contribution in [0.2, 0.25) is 0 Å². The molecule has 0 saturated carbocycles. The summed E-state index contributed by atoms with van der Waals surface area (Å²) in [5.41, 5.74) is 5.54. The van der Waals surface area contributed by atoms with Crippen molar-refractivity contribution >= 4 is 5.91 Å². The molecule has 0 aliphatic heterocycles. The molecule has 4 nitrogen and oxygen atoms in total.